The molecule has 0 aliphatic carbocycles. The molecule has 0 saturated carbocycles. The predicted octanol–water partition coefficient (Wildman–Crippen LogP) is 6.22. The molecule has 0 aliphatic rings. The van der Waals surface area contributed by atoms with Crippen molar-refractivity contribution in [1.29, 1.82) is 0 Å². The van der Waals surface area contributed by atoms with Crippen LogP contribution in [-0.2, 0) is 6.18 Å². The average molecular weight is 414 g/mol. The van der Waals surface area contributed by atoms with Gasteiger partial charge in [-0.3, -0.25) is 0 Å². The van der Waals surface area contributed by atoms with Crippen LogP contribution < -0.4 is 10.1 Å². The lowest BCUT2D eigenvalue weighted by atomic mass is 10.1. The van der Waals surface area contributed by atoms with Gasteiger partial charge in [-0.05, 0) is 24.3 Å². The fourth-order valence-electron chi connectivity index (χ4n) is 2.31. The van der Waals surface area contributed by atoms with Crippen molar-refractivity contribution in [3.63, 3.8) is 0 Å². The van der Waals surface area contributed by atoms with Crippen molar-refractivity contribution in [2.24, 2.45) is 0 Å². The Hall–Kier alpha value is -2.51. The summed E-state index contributed by atoms with van der Waals surface area (Å²) in [5.41, 5.74) is -0.109. The van der Waals surface area contributed by atoms with Crippen LogP contribution in [0.4, 0.5) is 24.7 Å². The number of benzene rings is 2. The third-order valence-corrected chi connectivity index (χ3v) is 4.10. The molecule has 0 aliphatic heterocycles. The number of nitrogens with one attached hydrogen (secondary N) is 1. The molecule has 9 heteroatoms. The molecule has 0 unspecified atom stereocenters. The summed E-state index contributed by atoms with van der Waals surface area (Å²) in [7, 11) is 1.51. The molecule has 0 atom stereocenters. The van der Waals surface area contributed by atoms with Crippen LogP contribution in [0.2, 0.25) is 10.2 Å². The van der Waals surface area contributed by atoms with E-state index in [1.165, 1.54) is 25.3 Å². The number of ether oxygens (including phenoxy) is 1. The Morgan fingerprint density at radius 2 is 1.78 bits per heavy atom. The Morgan fingerprint density at radius 3 is 2.48 bits per heavy atom. The highest BCUT2D eigenvalue weighted by atomic mass is 35.5. The van der Waals surface area contributed by atoms with Gasteiger partial charge in [-0.25, -0.2) is 9.97 Å². The Balaban J connectivity index is 1.98. The van der Waals surface area contributed by atoms with Crippen molar-refractivity contribution in [3.05, 3.63) is 64.3 Å². The fourth-order valence-corrected chi connectivity index (χ4v) is 2.66. The molecule has 4 nitrogen and oxygen atoms in total. The van der Waals surface area contributed by atoms with E-state index in [-0.39, 0.29) is 22.4 Å². The minimum atomic E-state index is -4.47. The first-order chi connectivity index (χ1) is 12.8. The van der Waals surface area contributed by atoms with Crippen molar-refractivity contribution in [3.8, 4) is 17.1 Å². The van der Waals surface area contributed by atoms with Gasteiger partial charge >= 0.3 is 6.18 Å². The Morgan fingerprint density at radius 1 is 1.00 bits per heavy atom. The summed E-state index contributed by atoms with van der Waals surface area (Å²) in [6, 6.07) is 11.1. The van der Waals surface area contributed by atoms with Gasteiger partial charge in [0.15, 0.2) is 5.82 Å². The summed E-state index contributed by atoms with van der Waals surface area (Å²) in [4.78, 5) is 8.26. The van der Waals surface area contributed by atoms with Gasteiger partial charge in [0.25, 0.3) is 0 Å². The first-order valence-electron chi connectivity index (χ1n) is 7.59. The second-order valence-corrected chi connectivity index (χ2v) is 6.24. The summed E-state index contributed by atoms with van der Waals surface area (Å²) in [6.45, 7) is 0. The number of nitrogens with zero attached hydrogens (tertiary/aromatic N) is 2. The molecular formula is C18H12Cl2F3N3O. The van der Waals surface area contributed by atoms with E-state index in [0.717, 1.165) is 12.1 Å². The normalized spacial score (nSPS) is 11.3. The Labute approximate surface area is 162 Å². The lowest BCUT2D eigenvalue weighted by Gasteiger charge is -2.12. The molecule has 1 aromatic heterocycles. The van der Waals surface area contributed by atoms with Crippen LogP contribution in [0.3, 0.4) is 0 Å². The van der Waals surface area contributed by atoms with E-state index in [1.54, 1.807) is 18.2 Å². The monoisotopic (exact) mass is 413 g/mol. The standard InChI is InChI=1S/C18H12Cl2F3N3O/c1-27-12-5-6-13(19)14(8-12)24-16-9-15(20)25-17(26-16)10-3-2-4-11(7-10)18(21,22)23/h2-9H,1H3,(H,24,25,26). The molecule has 1 heterocycles. The number of hydrogen-bond acceptors (Lipinski definition) is 4. The highest BCUT2D eigenvalue weighted by molar-refractivity contribution is 6.33. The topological polar surface area (TPSA) is 47.0 Å². The third kappa shape index (κ3) is 4.61. The second-order valence-electron chi connectivity index (χ2n) is 5.45. The smallest absolute Gasteiger partial charge is 0.416 e. The zero-order valence-corrected chi connectivity index (χ0v) is 15.3. The largest absolute Gasteiger partial charge is 0.497 e. The van der Waals surface area contributed by atoms with Crippen LogP contribution in [0.15, 0.2) is 48.5 Å². The molecule has 0 amide bonds. The Bertz CT molecular complexity index is 980. The van der Waals surface area contributed by atoms with Gasteiger partial charge in [0.1, 0.15) is 16.7 Å². The van der Waals surface area contributed by atoms with Gasteiger partial charge in [-0.15, -0.1) is 0 Å². The molecule has 1 N–H and O–H groups in total. The summed E-state index contributed by atoms with van der Waals surface area (Å²) < 4.78 is 44.0. The molecule has 27 heavy (non-hydrogen) atoms. The predicted molar refractivity (Wildman–Crippen MR) is 98.8 cm³/mol. The minimum Gasteiger partial charge on any atom is -0.497 e. The SMILES string of the molecule is COc1ccc(Cl)c(Nc2cc(Cl)nc(-c3cccc(C(F)(F)F)c3)n2)c1. The molecule has 0 saturated heterocycles. The van der Waals surface area contributed by atoms with Crippen LogP contribution in [-0.4, -0.2) is 17.1 Å². The molecule has 0 fully saturated rings. The number of aromatic nitrogens is 2. The number of hydrogen-bond donors (Lipinski definition) is 1. The Kier molecular flexibility index (Phi) is 5.43. The van der Waals surface area contributed by atoms with E-state index < -0.39 is 11.7 Å². The van der Waals surface area contributed by atoms with Crippen LogP contribution in [0, 0.1) is 0 Å². The molecule has 0 radical (unpaired) electrons. The minimum absolute atomic E-state index is 0.0510. The van der Waals surface area contributed by atoms with Gasteiger partial charge in [0.2, 0.25) is 0 Å². The highest BCUT2D eigenvalue weighted by Gasteiger charge is 2.30. The van der Waals surface area contributed by atoms with E-state index in [4.69, 9.17) is 27.9 Å². The zero-order chi connectivity index (χ0) is 19.6. The second kappa shape index (κ2) is 7.62. The maximum absolute atomic E-state index is 12.9. The van der Waals surface area contributed by atoms with E-state index in [1.807, 2.05) is 0 Å². The maximum atomic E-state index is 12.9. The molecule has 3 aromatic rings. The quantitative estimate of drug-likeness (QED) is 0.515. The van der Waals surface area contributed by atoms with Crippen molar-refractivity contribution < 1.29 is 17.9 Å². The number of rotatable bonds is 4. The molecule has 0 spiro atoms. The fraction of sp³-hybridized carbons (Fsp3) is 0.111. The van der Waals surface area contributed by atoms with Gasteiger partial charge < -0.3 is 10.1 Å². The number of halogens is 5. The molecular weight excluding hydrogens is 402 g/mol. The first-order valence-corrected chi connectivity index (χ1v) is 8.34. The zero-order valence-electron chi connectivity index (χ0n) is 13.8. The van der Waals surface area contributed by atoms with E-state index in [0.29, 0.717) is 16.5 Å². The van der Waals surface area contributed by atoms with Gasteiger partial charge in [-0.2, -0.15) is 13.2 Å². The summed E-state index contributed by atoms with van der Waals surface area (Å²) in [6.07, 6.45) is -4.47. The number of alkyl halides is 3. The van der Waals surface area contributed by atoms with E-state index in [9.17, 15) is 13.2 Å². The van der Waals surface area contributed by atoms with Crippen LogP contribution in [0.1, 0.15) is 5.56 Å². The van der Waals surface area contributed by atoms with Crippen LogP contribution >= 0.6 is 23.2 Å². The van der Waals surface area contributed by atoms with Crippen LogP contribution in [0.25, 0.3) is 11.4 Å². The molecule has 0 bridgehead atoms. The number of anilines is 2. The van der Waals surface area contributed by atoms with E-state index >= 15 is 0 Å². The lowest BCUT2D eigenvalue weighted by molar-refractivity contribution is -0.137. The summed E-state index contributed by atoms with van der Waals surface area (Å²) in [5.74, 6) is 0.896. The highest BCUT2D eigenvalue weighted by Crippen LogP contribution is 2.33. The van der Waals surface area contributed by atoms with Gasteiger partial charge in [0, 0.05) is 17.7 Å². The number of methoxy groups -OCH3 is 1. The van der Waals surface area contributed by atoms with Crippen molar-refractivity contribution in [1.82, 2.24) is 9.97 Å². The van der Waals surface area contributed by atoms with Crippen molar-refractivity contribution >= 4 is 34.7 Å². The van der Waals surface area contributed by atoms with Gasteiger partial charge in [-0.1, -0.05) is 35.3 Å². The molecule has 140 valence electrons. The van der Waals surface area contributed by atoms with E-state index in [2.05, 4.69) is 15.3 Å². The first kappa shape index (κ1) is 19.3. The average Bonchev–Trinajstić information content (AvgIpc) is 2.62. The summed E-state index contributed by atoms with van der Waals surface area (Å²) in [5, 5.41) is 3.45. The molecule has 2 aromatic carbocycles. The van der Waals surface area contributed by atoms with Gasteiger partial charge in [0.05, 0.1) is 23.4 Å². The molecule has 3 rings (SSSR count). The van der Waals surface area contributed by atoms with Crippen LogP contribution in [0.5, 0.6) is 5.75 Å². The van der Waals surface area contributed by atoms with Crippen molar-refractivity contribution in [2.75, 3.05) is 12.4 Å². The third-order valence-electron chi connectivity index (χ3n) is 3.58. The summed E-state index contributed by atoms with van der Waals surface area (Å²) >= 11 is 12.2. The van der Waals surface area contributed by atoms with Crippen molar-refractivity contribution in [2.45, 2.75) is 6.18 Å². The maximum Gasteiger partial charge on any atom is 0.416 e. The lowest BCUT2D eigenvalue weighted by Crippen LogP contribution is -2.05.